The Morgan fingerprint density at radius 1 is 0.811 bits per heavy atom. The van der Waals surface area contributed by atoms with E-state index in [1.54, 1.807) is 24.7 Å². The lowest BCUT2D eigenvalue weighted by atomic mass is 10.0. The van der Waals surface area contributed by atoms with E-state index >= 15 is 0 Å². The predicted octanol–water partition coefficient (Wildman–Crippen LogP) is 6.91. The fourth-order valence-electron chi connectivity index (χ4n) is 4.05. The van der Waals surface area contributed by atoms with Crippen molar-refractivity contribution in [3.63, 3.8) is 0 Å². The van der Waals surface area contributed by atoms with Gasteiger partial charge >= 0.3 is 6.18 Å². The zero-order valence-electron chi connectivity index (χ0n) is 19.8. The Labute approximate surface area is 210 Å². The van der Waals surface area contributed by atoms with Gasteiger partial charge in [0, 0.05) is 40.6 Å². The van der Waals surface area contributed by atoms with Gasteiger partial charge in [0.05, 0.1) is 24.1 Å². The number of anilines is 4. The minimum absolute atomic E-state index is 0.235. The minimum Gasteiger partial charge on any atom is -0.496 e. The van der Waals surface area contributed by atoms with E-state index < -0.39 is 11.7 Å². The Balaban J connectivity index is 1.55. The van der Waals surface area contributed by atoms with Gasteiger partial charge in [-0.15, -0.1) is 0 Å². The molecule has 0 saturated heterocycles. The number of pyridine rings is 2. The third-order valence-corrected chi connectivity index (χ3v) is 5.83. The van der Waals surface area contributed by atoms with E-state index in [1.807, 2.05) is 37.3 Å². The summed E-state index contributed by atoms with van der Waals surface area (Å²) >= 11 is 0. The van der Waals surface area contributed by atoms with E-state index in [-0.39, 0.29) is 11.4 Å². The normalized spacial score (nSPS) is 11.4. The van der Waals surface area contributed by atoms with Crippen LogP contribution in [0.2, 0.25) is 0 Å². The van der Waals surface area contributed by atoms with E-state index in [0.717, 1.165) is 33.7 Å². The van der Waals surface area contributed by atoms with Crippen LogP contribution in [0.25, 0.3) is 22.0 Å². The van der Waals surface area contributed by atoms with Gasteiger partial charge < -0.3 is 15.4 Å². The number of hydrogen-bond acceptors (Lipinski definition) is 7. The summed E-state index contributed by atoms with van der Waals surface area (Å²) in [6.45, 7) is 1.96. The summed E-state index contributed by atoms with van der Waals surface area (Å²) in [7, 11) is 1.21. The number of benzene rings is 2. The largest absolute Gasteiger partial charge is 0.496 e. The Morgan fingerprint density at radius 2 is 1.65 bits per heavy atom. The maximum atomic E-state index is 13.5. The summed E-state index contributed by atoms with van der Waals surface area (Å²) in [6, 6.07) is 15.0. The monoisotopic (exact) mass is 502 g/mol. The highest BCUT2D eigenvalue weighted by molar-refractivity contribution is 6.03. The van der Waals surface area contributed by atoms with Crippen LogP contribution >= 0.6 is 0 Å². The number of aromatic nitrogens is 4. The average Bonchev–Trinajstić information content (AvgIpc) is 2.90. The van der Waals surface area contributed by atoms with Crippen LogP contribution in [-0.4, -0.2) is 27.0 Å². The first-order chi connectivity index (χ1) is 17.8. The number of methoxy groups -OCH3 is 1. The molecule has 0 fully saturated rings. The van der Waals surface area contributed by atoms with Crippen molar-refractivity contribution in [2.75, 3.05) is 17.7 Å². The second-order valence-corrected chi connectivity index (χ2v) is 8.17. The lowest BCUT2D eigenvalue weighted by Gasteiger charge is -2.17. The summed E-state index contributed by atoms with van der Waals surface area (Å²) in [6.07, 6.45) is 1.86. The first kappa shape index (κ1) is 24.0. The zero-order valence-corrected chi connectivity index (χ0v) is 19.8. The molecule has 186 valence electrons. The third kappa shape index (κ3) is 4.86. The molecule has 3 heterocycles. The molecule has 0 aliphatic heterocycles. The van der Waals surface area contributed by atoms with Crippen molar-refractivity contribution in [1.82, 2.24) is 19.9 Å². The molecule has 0 unspecified atom stereocenters. The molecule has 0 radical (unpaired) electrons. The number of halogens is 3. The van der Waals surface area contributed by atoms with Crippen molar-refractivity contribution in [2.24, 2.45) is 0 Å². The maximum Gasteiger partial charge on any atom is 0.420 e. The Bertz CT molecular complexity index is 1570. The first-order valence-corrected chi connectivity index (χ1v) is 11.2. The van der Waals surface area contributed by atoms with Gasteiger partial charge in [0.15, 0.2) is 0 Å². The molecule has 7 nitrogen and oxygen atoms in total. The number of ether oxygens (including phenoxy) is 1. The highest BCUT2D eigenvalue weighted by Gasteiger charge is 2.34. The summed E-state index contributed by atoms with van der Waals surface area (Å²) in [5.41, 5.74) is 2.62. The van der Waals surface area contributed by atoms with E-state index in [0.29, 0.717) is 17.3 Å². The number of alkyl halides is 3. The summed E-state index contributed by atoms with van der Waals surface area (Å²) < 4.78 is 45.5. The Morgan fingerprint density at radius 3 is 2.41 bits per heavy atom. The van der Waals surface area contributed by atoms with E-state index in [1.165, 1.54) is 25.6 Å². The van der Waals surface area contributed by atoms with Gasteiger partial charge in [-0.1, -0.05) is 12.1 Å². The number of nitrogens with zero attached hydrogens (tertiary/aromatic N) is 4. The number of rotatable bonds is 6. The van der Waals surface area contributed by atoms with E-state index in [2.05, 4.69) is 30.6 Å². The standard InChI is InChI=1S/C27H21F3N6O/c1-16-5-7-19-18(24(16)36-26-20(4-3-11-32-26)22-10-12-31-15-34-22)9-13-33-25(19)35-17-6-8-23(37-2)21(14-17)27(28,29)30/h3-15H,1-2H3,(H,32,36)(H,33,35). The van der Waals surface area contributed by atoms with Crippen molar-refractivity contribution < 1.29 is 17.9 Å². The topological polar surface area (TPSA) is 84.9 Å². The van der Waals surface area contributed by atoms with Crippen molar-refractivity contribution in [1.29, 1.82) is 0 Å². The maximum absolute atomic E-state index is 13.5. The Hall–Kier alpha value is -4.73. The van der Waals surface area contributed by atoms with E-state index in [9.17, 15) is 13.2 Å². The van der Waals surface area contributed by atoms with Gasteiger partial charge in [0.25, 0.3) is 0 Å². The number of aryl methyl sites for hydroxylation is 1. The Kier molecular flexibility index (Phi) is 6.31. The average molecular weight is 503 g/mol. The van der Waals surface area contributed by atoms with Gasteiger partial charge in [-0.25, -0.2) is 19.9 Å². The van der Waals surface area contributed by atoms with Crippen LogP contribution in [0.1, 0.15) is 11.1 Å². The van der Waals surface area contributed by atoms with Crippen LogP contribution in [0.15, 0.2) is 79.5 Å². The quantitative estimate of drug-likeness (QED) is 0.261. The fraction of sp³-hybridized carbons (Fsp3) is 0.111. The second kappa shape index (κ2) is 9.73. The molecular formula is C27H21F3N6O. The van der Waals surface area contributed by atoms with Crippen LogP contribution in [0.3, 0.4) is 0 Å². The molecule has 5 aromatic rings. The SMILES string of the molecule is COc1ccc(Nc2nccc3c(Nc4ncccc4-c4ccncn4)c(C)ccc23)cc1C(F)(F)F. The molecule has 5 rings (SSSR count). The van der Waals surface area contributed by atoms with Gasteiger partial charge in [-0.3, -0.25) is 0 Å². The number of fused-ring (bicyclic) bond motifs is 1. The second-order valence-electron chi connectivity index (χ2n) is 8.17. The van der Waals surface area contributed by atoms with Gasteiger partial charge in [-0.05, 0) is 55.0 Å². The van der Waals surface area contributed by atoms with Crippen molar-refractivity contribution >= 4 is 33.8 Å². The zero-order chi connectivity index (χ0) is 26.0. The summed E-state index contributed by atoms with van der Waals surface area (Å²) in [5.74, 6) is 0.768. The van der Waals surface area contributed by atoms with Crippen LogP contribution in [-0.2, 0) is 6.18 Å². The highest BCUT2D eigenvalue weighted by atomic mass is 19.4. The molecule has 37 heavy (non-hydrogen) atoms. The summed E-state index contributed by atoms with van der Waals surface area (Å²) in [5, 5.41) is 8.00. The molecule has 0 spiro atoms. The molecular weight excluding hydrogens is 481 g/mol. The number of hydrogen-bond donors (Lipinski definition) is 2. The molecule has 0 atom stereocenters. The van der Waals surface area contributed by atoms with Crippen LogP contribution in [0.5, 0.6) is 5.75 Å². The van der Waals surface area contributed by atoms with Gasteiger partial charge in [-0.2, -0.15) is 13.2 Å². The first-order valence-electron chi connectivity index (χ1n) is 11.2. The fourth-order valence-corrected chi connectivity index (χ4v) is 4.05. The molecule has 0 aliphatic carbocycles. The molecule has 0 aliphatic rings. The lowest BCUT2D eigenvalue weighted by molar-refractivity contribution is -0.138. The van der Waals surface area contributed by atoms with Crippen LogP contribution in [0, 0.1) is 6.92 Å². The highest BCUT2D eigenvalue weighted by Crippen LogP contribution is 2.39. The minimum atomic E-state index is -4.56. The number of nitrogens with one attached hydrogen (secondary N) is 2. The summed E-state index contributed by atoms with van der Waals surface area (Å²) in [4.78, 5) is 17.2. The van der Waals surface area contributed by atoms with Gasteiger partial charge in [0.2, 0.25) is 0 Å². The molecule has 0 bridgehead atoms. The van der Waals surface area contributed by atoms with Crippen molar-refractivity contribution in [3.8, 4) is 17.0 Å². The molecule has 10 heteroatoms. The lowest BCUT2D eigenvalue weighted by Crippen LogP contribution is -2.08. The molecule has 0 saturated carbocycles. The van der Waals surface area contributed by atoms with Crippen molar-refractivity contribution in [3.05, 3.63) is 90.6 Å². The molecule has 2 N–H and O–H groups in total. The van der Waals surface area contributed by atoms with E-state index in [4.69, 9.17) is 4.74 Å². The smallest absolute Gasteiger partial charge is 0.420 e. The van der Waals surface area contributed by atoms with Crippen LogP contribution in [0.4, 0.5) is 36.2 Å². The molecule has 0 amide bonds. The predicted molar refractivity (Wildman–Crippen MR) is 136 cm³/mol. The van der Waals surface area contributed by atoms with Crippen molar-refractivity contribution in [2.45, 2.75) is 13.1 Å². The third-order valence-electron chi connectivity index (χ3n) is 5.83. The van der Waals surface area contributed by atoms with Crippen LogP contribution < -0.4 is 15.4 Å². The van der Waals surface area contributed by atoms with Gasteiger partial charge in [0.1, 0.15) is 23.7 Å². The molecule has 3 aromatic heterocycles. The molecule has 2 aromatic carbocycles.